The summed E-state index contributed by atoms with van der Waals surface area (Å²) in [6.45, 7) is 1.76. The van der Waals surface area contributed by atoms with Crippen molar-refractivity contribution in [2.24, 2.45) is 0 Å². The van der Waals surface area contributed by atoms with Crippen LogP contribution in [0.4, 0.5) is 0 Å². The van der Waals surface area contributed by atoms with Gasteiger partial charge in [0, 0.05) is 4.88 Å². The van der Waals surface area contributed by atoms with Gasteiger partial charge in [0.1, 0.15) is 5.03 Å². The van der Waals surface area contributed by atoms with E-state index in [0.717, 1.165) is 0 Å². The van der Waals surface area contributed by atoms with E-state index in [-0.39, 0.29) is 12.1 Å². The molecule has 2 aromatic heterocycles. The summed E-state index contributed by atoms with van der Waals surface area (Å²) in [6, 6.07) is 0. The summed E-state index contributed by atoms with van der Waals surface area (Å²) in [5.74, 6) is -1.46. The normalized spacial score (nSPS) is 10.4. The topological polar surface area (TPSA) is 102 Å². The fourth-order valence-corrected chi connectivity index (χ4v) is 3.56. The van der Waals surface area contributed by atoms with Gasteiger partial charge in [0.15, 0.2) is 10.0 Å². The summed E-state index contributed by atoms with van der Waals surface area (Å²) < 4.78 is 5.23. The van der Waals surface area contributed by atoms with E-state index in [2.05, 4.69) is 19.7 Å². The molecule has 0 fully saturated rings. The quantitative estimate of drug-likeness (QED) is 0.830. The zero-order chi connectivity index (χ0) is 15.4. The molecule has 0 aliphatic carbocycles. The number of aryl methyl sites for hydroxylation is 1. The van der Waals surface area contributed by atoms with Crippen LogP contribution < -0.4 is 0 Å². The summed E-state index contributed by atoms with van der Waals surface area (Å²) in [5.41, 5.74) is 0.795. The molecule has 0 aromatic carbocycles. The number of nitrogens with zero attached hydrogens (tertiary/aromatic N) is 3. The molecule has 0 atom stereocenters. The Hall–Kier alpha value is -2.00. The van der Waals surface area contributed by atoms with Crippen LogP contribution in [0, 0.1) is 6.92 Å². The first-order chi connectivity index (χ1) is 9.99. The first kappa shape index (κ1) is 15.4. The summed E-state index contributed by atoms with van der Waals surface area (Å²) in [4.78, 5) is 35.2. The van der Waals surface area contributed by atoms with Gasteiger partial charge in [-0.3, -0.25) is 9.78 Å². The maximum atomic E-state index is 11.4. The van der Waals surface area contributed by atoms with E-state index in [1.807, 2.05) is 0 Å². The summed E-state index contributed by atoms with van der Waals surface area (Å²) in [5, 5.41) is 9.31. The predicted octanol–water partition coefficient (Wildman–Crippen LogP) is 1.81. The van der Waals surface area contributed by atoms with Gasteiger partial charge < -0.3 is 9.84 Å². The van der Waals surface area contributed by atoms with E-state index in [4.69, 9.17) is 5.11 Å². The second kappa shape index (κ2) is 6.64. The molecule has 0 aliphatic rings. The third kappa shape index (κ3) is 3.99. The lowest BCUT2D eigenvalue weighted by Crippen LogP contribution is -2.05. The third-order valence-electron chi connectivity index (χ3n) is 2.38. The van der Waals surface area contributed by atoms with Crippen LogP contribution in [0.3, 0.4) is 0 Å². The Morgan fingerprint density at radius 3 is 2.81 bits per heavy atom. The molecular weight excluding hydrogens is 314 g/mol. The van der Waals surface area contributed by atoms with Crippen LogP contribution in [0.5, 0.6) is 0 Å². The molecule has 0 aliphatic heterocycles. The highest BCUT2D eigenvalue weighted by atomic mass is 32.2. The average Bonchev–Trinajstić information content (AvgIpc) is 2.77. The van der Waals surface area contributed by atoms with Gasteiger partial charge in [-0.1, -0.05) is 0 Å². The van der Waals surface area contributed by atoms with Gasteiger partial charge in [0.25, 0.3) is 0 Å². The minimum atomic E-state index is -0.897. The largest absolute Gasteiger partial charge is 0.481 e. The summed E-state index contributed by atoms with van der Waals surface area (Å²) >= 11 is 2.51. The monoisotopic (exact) mass is 325 g/mol. The summed E-state index contributed by atoms with van der Waals surface area (Å²) in [6.07, 6.45) is 2.77. The zero-order valence-electron chi connectivity index (χ0n) is 11.2. The number of carboxylic acid groups (broad SMARTS) is 1. The number of aliphatic carboxylic acids is 1. The Kier molecular flexibility index (Phi) is 4.86. The van der Waals surface area contributed by atoms with Crippen molar-refractivity contribution in [1.29, 1.82) is 0 Å². The van der Waals surface area contributed by atoms with E-state index in [1.165, 1.54) is 42.6 Å². The fraction of sp³-hybridized carbons (Fsp3) is 0.250. The lowest BCUT2D eigenvalue weighted by molar-refractivity contribution is -0.136. The molecule has 0 radical (unpaired) electrons. The zero-order valence-corrected chi connectivity index (χ0v) is 12.8. The van der Waals surface area contributed by atoms with Gasteiger partial charge in [-0.05, 0) is 18.7 Å². The van der Waals surface area contributed by atoms with E-state index < -0.39 is 11.9 Å². The van der Waals surface area contributed by atoms with Crippen molar-refractivity contribution in [2.45, 2.75) is 22.7 Å². The standard InChI is InChI=1S/C12H11N3O4S2/c1-6-8(3-10(16)17)20-12(14-6)21-9-5-13-4-7(15-9)11(18)19-2/h4-5H,3H2,1-2H3,(H,16,17). The van der Waals surface area contributed by atoms with Crippen LogP contribution >= 0.6 is 23.1 Å². The van der Waals surface area contributed by atoms with E-state index in [0.29, 0.717) is 19.9 Å². The Labute approximate surface area is 128 Å². The summed E-state index contributed by atoms with van der Waals surface area (Å²) in [7, 11) is 1.27. The molecule has 0 bridgehead atoms. The van der Waals surface area contributed by atoms with Crippen LogP contribution in [-0.4, -0.2) is 39.1 Å². The molecule has 2 aromatic rings. The fourth-order valence-electron chi connectivity index (χ4n) is 1.44. The Morgan fingerprint density at radius 2 is 2.14 bits per heavy atom. The Morgan fingerprint density at radius 1 is 1.38 bits per heavy atom. The van der Waals surface area contributed by atoms with Crippen molar-refractivity contribution in [2.75, 3.05) is 7.11 Å². The lowest BCUT2D eigenvalue weighted by Gasteiger charge is -2.00. The number of rotatable bonds is 5. The number of hydrogen-bond donors (Lipinski definition) is 1. The molecule has 0 saturated carbocycles. The van der Waals surface area contributed by atoms with E-state index >= 15 is 0 Å². The van der Waals surface area contributed by atoms with Crippen molar-refractivity contribution < 1.29 is 19.4 Å². The van der Waals surface area contributed by atoms with Gasteiger partial charge in [0.05, 0.1) is 31.6 Å². The molecular formula is C12H11N3O4S2. The van der Waals surface area contributed by atoms with Crippen molar-refractivity contribution in [3.8, 4) is 0 Å². The molecule has 0 amide bonds. The van der Waals surface area contributed by atoms with Crippen molar-refractivity contribution in [3.05, 3.63) is 28.7 Å². The molecule has 0 unspecified atom stereocenters. The maximum absolute atomic E-state index is 11.4. The molecule has 2 heterocycles. The van der Waals surface area contributed by atoms with Gasteiger partial charge in [-0.25, -0.2) is 14.8 Å². The number of carbonyl (C=O) groups is 2. The van der Waals surface area contributed by atoms with Crippen molar-refractivity contribution >= 4 is 35.0 Å². The molecule has 0 saturated heterocycles. The van der Waals surface area contributed by atoms with Gasteiger partial charge in [-0.2, -0.15) is 0 Å². The minimum Gasteiger partial charge on any atom is -0.481 e. The number of methoxy groups -OCH3 is 1. The number of aromatic nitrogens is 3. The number of thiazole rings is 1. The van der Waals surface area contributed by atoms with Crippen LogP contribution in [0.25, 0.3) is 0 Å². The van der Waals surface area contributed by atoms with Gasteiger partial charge >= 0.3 is 11.9 Å². The highest BCUT2D eigenvalue weighted by molar-refractivity contribution is 8.01. The van der Waals surface area contributed by atoms with Crippen molar-refractivity contribution in [3.63, 3.8) is 0 Å². The van der Waals surface area contributed by atoms with Gasteiger partial charge in [0.2, 0.25) is 0 Å². The highest BCUT2D eigenvalue weighted by Crippen LogP contribution is 2.31. The van der Waals surface area contributed by atoms with Crippen LogP contribution in [0.15, 0.2) is 21.8 Å². The second-order valence-corrected chi connectivity index (χ2v) is 6.25. The van der Waals surface area contributed by atoms with E-state index in [1.54, 1.807) is 6.92 Å². The number of carbonyl (C=O) groups excluding carboxylic acids is 1. The molecule has 2 rings (SSSR count). The number of carboxylic acids is 1. The number of ether oxygens (including phenoxy) is 1. The maximum Gasteiger partial charge on any atom is 0.358 e. The number of hydrogen-bond acceptors (Lipinski definition) is 8. The van der Waals surface area contributed by atoms with Crippen LogP contribution in [0.2, 0.25) is 0 Å². The Bertz CT molecular complexity index is 687. The average molecular weight is 325 g/mol. The van der Waals surface area contributed by atoms with E-state index in [9.17, 15) is 9.59 Å². The SMILES string of the molecule is COC(=O)c1cncc(Sc2nc(C)c(CC(=O)O)s2)n1. The molecule has 9 heteroatoms. The lowest BCUT2D eigenvalue weighted by atomic mass is 10.3. The van der Waals surface area contributed by atoms with Crippen LogP contribution in [0.1, 0.15) is 21.1 Å². The molecule has 1 N–H and O–H groups in total. The first-order valence-electron chi connectivity index (χ1n) is 5.76. The third-order valence-corrected chi connectivity index (χ3v) is 4.51. The minimum absolute atomic E-state index is 0.0576. The highest BCUT2D eigenvalue weighted by Gasteiger charge is 2.14. The molecule has 21 heavy (non-hydrogen) atoms. The first-order valence-corrected chi connectivity index (χ1v) is 7.39. The Balaban J connectivity index is 2.18. The number of esters is 1. The van der Waals surface area contributed by atoms with Crippen LogP contribution in [-0.2, 0) is 16.0 Å². The molecule has 7 nitrogen and oxygen atoms in total. The predicted molar refractivity (Wildman–Crippen MR) is 75.7 cm³/mol. The van der Waals surface area contributed by atoms with Gasteiger partial charge in [-0.15, -0.1) is 11.3 Å². The van der Waals surface area contributed by atoms with Crippen molar-refractivity contribution in [1.82, 2.24) is 15.0 Å². The second-order valence-electron chi connectivity index (χ2n) is 3.90. The molecule has 0 spiro atoms. The molecule has 110 valence electrons. The smallest absolute Gasteiger partial charge is 0.358 e.